The van der Waals surface area contributed by atoms with Gasteiger partial charge in [-0.1, -0.05) is 42.5 Å². The zero-order chi connectivity index (χ0) is 18.5. The SMILES string of the molecule is O=C(OCC(=O)N1CCCC1=O)c1ccc(C(=O)c2ccccc2)cc1. The number of carbonyl (C=O) groups is 4. The van der Waals surface area contributed by atoms with E-state index in [-0.39, 0.29) is 17.3 Å². The number of nitrogens with zero attached hydrogens (tertiary/aromatic N) is 1. The lowest BCUT2D eigenvalue weighted by atomic mass is 10.0. The van der Waals surface area contributed by atoms with Crippen LogP contribution >= 0.6 is 0 Å². The first-order valence-corrected chi connectivity index (χ1v) is 8.26. The smallest absolute Gasteiger partial charge is 0.338 e. The normalized spacial score (nSPS) is 13.5. The van der Waals surface area contributed by atoms with E-state index in [1.54, 1.807) is 24.3 Å². The van der Waals surface area contributed by atoms with Crippen molar-refractivity contribution in [3.63, 3.8) is 0 Å². The fourth-order valence-electron chi connectivity index (χ4n) is 2.71. The van der Waals surface area contributed by atoms with Gasteiger partial charge >= 0.3 is 5.97 Å². The second-order valence-electron chi connectivity index (χ2n) is 5.89. The lowest BCUT2D eigenvalue weighted by Crippen LogP contribution is -2.35. The second-order valence-corrected chi connectivity index (χ2v) is 5.89. The van der Waals surface area contributed by atoms with Crippen molar-refractivity contribution < 1.29 is 23.9 Å². The summed E-state index contributed by atoms with van der Waals surface area (Å²) in [7, 11) is 0. The van der Waals surface area contributed by atoms with Crippen LogP contribution in [0.15, 0.2) is 54.6 Å². The van der Waals surface area contributed by atoms with Crippen molar-refractivity contribution in [3.8, 4) is 0 Å². The molecule has 0 N–H and O–H groups in total. The maximum absolute atomic E-state index is 12.3. The van der Waals surface area contributed by atoms with E-state index < -0.39 is 18.5 Å². The third-order valence-electron chi connectivity index (χ3n) is 4.12. The molecule has 6 heteroatoms. The number of hydrogen-bond donors (Lipinski definition) is 0. The molecule has 0 aliphatic carbocycles. The van der Waals surface area contributed by atoms with E-state index in [4.69, 9.17) is 4.74 Å². The number of esters is 1. The summed E-state index contributed by atoms with van der Waals surface area (Å²) < 4.78 is 4.97. The standard InChI is InChI=1S/C20H17NO5/c22-17-7-4-12-21(17)18(23)13-26-20(25)16-10-8-15(9-11-16)19(24)14-5-2-1-3-6-14/h1-3,5-6,8-11H,4,7,12-13H2. The summed E-state index contributed by atoms with van der Waals surface area (Å²) in [6, 6.07) is 14.9. The summed E-state index contributed by atoms with van der Waals surface area (Å²) in [6.45, 7) is -0.110. The fourth-order valence-corrected chi connectivity index (χ4v) is 2.71. The molecule has 0 bridgehead atoms. The molecule has 0 unspecified atom stereocenters. The van der Waals surface area contributed by atoms with Crippen LogP contribution in [-0.2, 0) is 14.3 Å². The maximum Gasteiger partial charge on any atom is 0.338 e. The van der Waals surface area contributed by atoms with Gasteiger partial charge in [0.2, 0.25) is 5.91 Å². The molecule has 1 aliphatic heterocycles. The van der Waals surface area contributed by atoms with Crippen LogP contribution < -0.4 is 0 Å². The van der Waals surface area contributed by atoms with Crippen LogP contribution in [0.4, 0.5) is 0 Å². The van der Waals surface area contributed by atoms with Crippen LogP contribution in [0.25, 0.3) is 0 Å². The van der Waals surface area contributed by atoms with E-state index in [1.807, 2.05) is 6.07 Å². The molecular formula is C20H17NO5. The zero-order valence-electron chi connectivity index (χ0n) is 14.0. The highest BCUT2D eigenvalue weighted by atomic mass is 16.5. The van der Waals surface area contributed by atoms with Crippen LogP contribution in [0.5, 0.6) is 0 Å². The average Bonchev–Trinajstić information content (AvgIpc) is 3.12. The van der Waals surface area contributed by atoms with Gasteiger partial charge in [-0.15, -0.1) is 0 Å². The Bertz CT molecular complexity index is 842. The minimum Gasteiger partial charge on any atom is -0.452 e. The van der Waals surface area contributed by atoms with Gasteiger partial charge in [0.25, 0.3) is 5.91 Å². The summed E-state index contributed by atoms with van der Waals surface area (Å²) >= 11 is 0. The number of benzene rings is 2. The average molecular weight is 351 g/mol. The Morgan fingerprint density at radius 1 is 0.885 bits per heavy atom. The van der Waals surface area contributed by atoms with Crippen LogP contribution in [0.1, 0.15) is 39.1 Å². The Balaban J connectivity index is 1.59. The summed E-state index contributed by atoms with van der Waals surface area (Å²) in [6.07, 6.45) is 0.978. The molecule has 1 aliphatic rings. The summed E-state index contributed by atoms with van der Waals surface area (Å²) in [5, 5.41) is 0. The summed E-state index contributed by atoms with van der Waals surface area (Å²) in [4.78, 5) is 48.8. The van der Waals surface area contributed by atoms with E-state index in [1.165, 1.54) is 24.3 Å². The molecule has 132 valence electrons. The fraction of sp³-hybridized carbons (Fsp3) is 0.200. The summed E-state index contributed by atoms with van der Waals surface area (Å²) in [5.74, 6) is -1.58. The van der Waals surface area contributed by atoms with E-state index >= 15 is 0 Å². The molecule has 6 nitrogen and oxygen atoms in total. The molecule has 0 spiro atoms. The largest absolute Gasteiger partial charge is 0.452 e. The maximum atomic E-state index is 12.3. The number of carbonyl (C=O) groups excluding carboxylic acids is 4. The number of imide groups is 1. The van der Waals surface area contributed by atoms with Gasteiger partial charge in [-0.2, -0.15) is 0 Å². The van der Waals surface area contributed by atoms with Crippen molar-refractivity contribution in [2.75, 3.05) is 13.2 Å². The van der Waals surface area contributed by atoms with Crippen LogP contribution in [0, 0.1) is 0 Å². The minimum absolute atomic E-state index is 0.145. The number of rotatable bonds is 5. The van der Waals surface area contributed by atoms with Gasteiger partial charge in [-0.05, 0) is 18.6 Å². The van der Waals surface area contributed by atoms with Crippen molar-refractivity contribution in [3.05, 3.63) is 71.3 Å². The molecule has 0 atom stereocenters. The highest BCUT2D eigenvalue weighted by molar-refractivity contribution is 6.09. The van der Waals surface area contributed by atoms with Crippen molar-refractivity contribution in [2.24, 2.45) is 0 Å². The molecule has 1 heterocycles. The van der Waals surface area contributed by atoms with Gasteiger partial charge < -0.3 is 4.74 Å². The highest BCUT2D eigenvalue weighted by Crippen LogP contribution is 2.13. The number of likely N-dealkylation sites (tertiary alicyclic amines) is 1. The van der Waals surface area contributed by atoms with E-state index in [0.717, 1.165) is 4.90 Å². The van der Waals surface area contributed by atoms with E-state index in [9.17, 15) is 19.2 Å². The molecule has 2 aromatic carbocycles. The van der Waals surface area contributed by atoms with Crippen LogP contribution in [0.3, 0.4) is 0 Å². The molecule has 1 fully saturated rings. The van der Waals surface area contributed by atoms with E-state index in [2.05, 4.69) is 0 Å². The predicted molar refractivity (Wildman–Crippen MR) is 92.6 cm³/mol. The number of hydrogen-bond acceptors (Lipinski definition) is 5. The van der Waals surface area contributed by atoms with Gasteiger partial charge in [0.15, 0.2) is 12.4 Å². The van der Waals surface area contributed by atoms with Crippen molar-refractivity contribution in [1.82, 2.24) is 4.90 Å². The molecule has 1 saturated heterocycles. The van der Waals surface area contributed by atoms with Gasteiger partial charge in [0.05, 0.1) is 5.56 Å². The zero-order valence-corrected chi connectivity index (χ0v) is 14.0. The second kappa shape index (κ2) is 7.74. The monoisotopic (exact) mass is 351 g/mol. The first kappa shape index (κ1) is 17.5. The molecule has 26 heavy (non-hydrogen) atoms. The van der Waals surface area contributed by atoms with Crippen molar-refractivity contribution in [1.29, 1.82) is 0 Å². The number of ketones is 1. The minimum atomic E-state index is -0.677. The Morgan fingerprint density at radius 2 is 1.50 bits per heavy atom. The Morgan fingerprint density at radius 3 is 2.12 bits per heavy atom. The first-order chi connectivity index (χ1) is 12.6. The molecule has 3 rings (SSSR count). The van der Waals surface area contributed by atoms with Gasteiger partial charge in [-0.25, -0.2) is 4.79 Å². The predicted octanol–water partition coefficient (Wildman–Crippen LogP) is 2.22. The van der Waals surface area contributed by atoms with Gasteiger partial charge in [0, 0.05) is 24.1 Å². The molecule has 0 saturated carbocycles. The number of amides is 2. The third kappa shape index (κ3) is 3.85. The molecular weight excluding hydrogens is 334 g/mol. The third-order valence-corrected chi connectivity index (χ3v) is 4.12. The van der Waals surface area contributed by atoms with Gasteiger partial charge in [-0.3, -0.25) is 19.3 Å². The lowest BCUT2D eigenvalue weighted by molar-refractivity contribution is -0.143. The molecule has 2 amide bonds. The Hall–Kier alpha value is -3.28. The lowest BCUT2D eigenvalue weighted by Gasteiger charge is -2.13. The quantitative estimate of drug-likeness (QED) is 0.609. The first-order valence-electron chi connectivity index (χ1n) is 8.26. The van der Waals surface area contributed by atoms with Crippen LogP contribution in [0.2, 0.25) is 0 Å². The highest BCUT2D eigenvalue weighted by Gasteiger charge is 2.27. The topological polar surface area (TPSA) is 80.8 Å². The van der Waals surface area contributed by atoms with E-state index in [0.29, 0.717) is 30.5 Å². The number of ether oxygens (including phenoxy) is 1. The molecule has 0 aromatic heterocycles. The Labute approximate surface area is 150 Å². The Kier molecular flexibility index (Phi) is 5.22. The molecule has 0 radical (unpaired) electrons. The van der Waals surface area contributed by atoms with Crippen molar-refractivity contribution >= 4 is 23.6 Å². The van der Waals surface area contributed by atoms with Crippen molar-refractivity contribution in [2.45, 2.75) is 12.8 Å². The summed E-state index contributed by atoms with van der Waals surface area (Å²) in [5.41, 5.74) is 1.24. The van der Waals surface area contributed by atoms with Gasteiger partial charge in [0.1, 0.15) is 0 Å². The molecule has 2 aromatic rings. The van der Waals surface area contributed by atoms with Crippen LogP contribution in [-0.4, -0.2) is 41.6 Å².